The molecule has 4 rings (SSSR count). The molecular weight excluding hydrogens is 591 g/mol. The highest BCUT2D eigenvalue weighted by Crippen LogP contribution is 2.40. The van der Waals surface area contributed by atoms with Gasteiger partial charge in [-0.05, 0) is 49.6 Å². The van der Waals surface area contributed by atoms with E-state index < -0.39 is 18.7 Å². The highest BCUT2D eigenvalue weighted by atomic mass is 35.5. The molecule has 0 aliphatic carbocycles. The van der Waals surface area contributed by atoms with E-state index in [4.69, 9.17) is 20.9 Å². The zero-order valence-electron chi connectivity index (χ0n) is 21.5. The molecule has 2 aromatic carbocycles. The smallest absolute Gasteiger partial charge is 0.488 e. The molecule has 1 aliphatic rings. The molecule has 0 saturated heterocycles. The predicted molar refractivity (Wildman–Crippen MR) is 155 cm³/mol. The molecular formula is C23H27ClFN5O6P2S. The van der Waals surface area contributed by atoms with Gasteiger partial charge in [0.1, 0.15) is 22.3 Å². The number of likely N-dealkylation sites (N-methyl/N-ethyl adjacent to an activating group) is 1. The minimum Gasteiger partial charge on any atom is -0.495 e. The van der Waals surface area contributed by atoms with Gasteiger partial charge in [0.2, 0.25) is 5.95 Å². The Kier molecular flexibility index (Phi) is 9.77. The fourth-order valence-corrected chi connectivity index (χ4v) is 4.71. The number of nitrogens with zero attached hydrogens (tertiary/aromatic N) is 3. The van der Waals surface area contributed by atoms with E-state index in [1.54, 1.807) is 18.0 Å². The molecule has 1 unspecified atom stereocenters. The van der Waals surface area contributed by atoms with Gasteiger partial charge in [0.05, 0.1) is 32.8 Å². The van der Waals surface area contributed by atoms with Crippen LogP contribution in [0.2, 0.25) is 5.02 Å². The van der Waals surface area contributed by atoms with Crippen LogP contribution in [-0.4, -0.2) is 63.2 Å². The summed E-state index contributed by atoms with van der Waals surface area (Å²) in [5, 5.41) is 6.27. The molecule has 210 valence electrons. The summed E-state index contributed by atoms with van der Waals surface area (Å²) in [7, 11) is -2.88. The standard InChI is InChI=1S/C23H24ClFN5O6PS.H3P/c1-30-8-7-13-9-19(34-2)18(11-15(13)22(30)31)28-23-26-12-16(24)21(29-23)27-17-6-5-14(36-38(25,32)33)10-20(17)35-37(3)4;/h5-6,9-12H,7-8H2,1-4H3,(H2,26,27,28,29);1H3. The molecule has 0 spiro atoms. The zero-order chi connectivity index (χ0) is 27.6. The Labute approximate surface area is 235 Å². The van der Waals surface area contributed by atoms with Gasteiger partial charge >= 0.3 is 10.5 Å². The van der Waals surface area contributed by atoms with Gasteiger partial charge in [-0.1, -0.05) is 15.5 Å². The van der Waals surface area contributed by atoms with Crippen molar-refractivity contribution >= 4 is 69.2 Å². The van der Waals surface area contributed by atoms with Crippen LogP contribution in [0.1, 0.15) is 15.9 Å². The first-order valence-corrected chi connectivity index (χ1v) is 14.9. The van der Waals surface area contributed by atoms with Gasteiger partial charge in [0.25, 0.3) is 5.91 Å². The normalized spacial score (nSPS) is 12.9. The van der Waals surface area contributed by atoms with Crippen LogP contribution in [0.15, 0.2) is 36.5 Å². The van der Waals surface area contributed by atoms with E-state index in [0.29, 0.717) is 35.7 Å². The van der Waals surface area contributed by atoms with E-state index in [0.717, 1.165) is 5.56 Å². The van der Waals surface area contributed by atoms with Crippen LogP contribution in [0.25, 0.3) is 0 Å². The first kappa shape index (κ1) is 30.6. The Morgan fingerprint density at radius 2 is 1.87 bits per heavy atom. The molecule has 2 heterocycles. The van der Waals surface area contributed by atoms with Crippen molar-refractivity contribution in [2.75, 3.05) is 44.7 Å². The van der Waals surface area contributed by atoms with Crippen molar-refractivity contribution in [3.8, 4) is 17.2 Å². The SMILES string of the molecule is COc1cc2c(cc1Nc1ncc(Cl)c(Nc3ccc(OS(=O)(=O)F)cc3OP(C)C)n1)C(=O)N(C)CC2.P. The number of anilines is 4. The number of benzene rings is 2. The van der Waals surface area contributed by atoms with Crippen molar-refractivity contribution in [1.29, 1.82) is 0 Å². The van der Waals surface area contributed by atoms with Crippen LogP contribution in [0.3, 0.4) is 0 Å². The van der Waals surface area contributed by atoms with E-state index in [1.807, 2.05) is 19.4 Å². The van der Waals surface area contributed by atoms with Gasteiger partial charge in [-0.2, -0.15) is 23.3 Å². The third-order valence-corrected chi connectivity index (χ3v) is 6.62. The van der Waals surface area contributed by atoms with Crippen LogP contribution in [0.4, 0.5) is 27.0 Å². The largest absolute Gasteiger partial charge is 0.495 e. The summed E-state index contributed by atoms with van der Waals surface area (Å²) in [6.07, 6.45) is 2.09. The number of nitrogens with one attached hydrogen (secondary N) is 2. The van der Waals surface area contributed by atoms with Gasteiger partial charge in [-0.3, -0.25) is 4.79 Å². The van der Waals surface area contributed by atoms with E-state index >= 15 is 0 Å². The second-order valence-corrected chi connectivity index (χ2v) is 11.5. The van der Waals surface area contributed by atoms with Gasteiger partial charge in [-0.15, -0.1) is 0 Å². The van der Waals surface area contributed by atoms with E-state index in [9.17, 15) is 17.1 Å². The Morgan fingerprint density at radius 3 is 2.54 bits per heavy atom. The van der Waals surface area contributed by atoms with Gasteiger partial charge in [-0.25, -0.2) is 4.98 Å². The summed E-state index contributed by atoms with van der Waals surface area (Å²) < 4.78 is 50.4. The maximum absolute atomic E-state index is 13.0. The fourth-order valence-electron chi connectivity index (χ4n) is 3.70. The summed E-state index contributed by atoms with van der Waals surface area (Å²) in [6, 6.07) is 7.44. The maximum atomic E-state index is 13.0. The van der Waals surface area contributed by atoms with Crippen LogP contribution >= 0.6 is 29.6 Å². The average Bonchev–Trinajstić information content (AvgIpc) is 2.83. The van der Waals surface area contributed by atoms with E-state index in [1.165, 1.54) is 31.5 Å². The third kappa shape index (κ3) is 7.57. The first-order valence-electron chi connectivity index (χ1n) is 11.1. The molecule has 0 bridgehead atoms. The van der Waals surface area contributed by atoms with Crippen LogP contribution in [-0.2, 0) is 16.9 Å². The molecule has 0 fully saturated rings. The molecule has 1 aromatic heterocycles. The number of rotatable bonds is 9. The average molecular weight is 618 g/mol. The number of carbonyl (C=O) groups excluding carboxylic acids is 1. The zero-order valence-corrected chi connectivity index (χ0v) is 25.4. The second kappa shape index (κ2) is 12.5. The summed E-state index contributed by atoms with van der Waals surface area (Å²) in [4.78, 5) is 23.0. The number of hydrogen-bond acceptors (Lipinski definition) is 10. The van der Waals surface area contributed by atoms with Crippen molar-refractivity contribution in [2.45, 2.75) is 6.42 Å². The van der Waals surface area contributed by atoms with Crippen LogP contribution in [0, 0.1) is 0 Å². The minimum absolute atomic E-state index is 0. The Hall–Kier alpha value is -2.98. The summed E-state index contributed by atoms with van der Waals surface area (Å²) >= 11 is 6.33. The maximum Gasteiger partial charge on any atom is 0.488 e. The molecule has 1 atom stereocenters. The molecule has 0 saturated carbocycles. The number of amides is 1. The summed E-state index contributed by atoms with van der Waals surface area (Å²) in [5.41, 5.74) is 2.31. The van der Waals surface area contributed by atoms with Gasteiger partial charge < -0.3 is 29.0 Å². The Balaban J connectivity index is 0.00000420. The monoisotopic (exact) mass is 617 g/mol. The van der Waals surface area contributed by atoms with Crippen molar-refractivity contribution in [3.63, 3.8) is 0 Å². The van der Waals surface area contributed by atoms with E-state index in [-0.39, 0.29) is 44.1 Å². The molecule has 1 amide bonds. The lowest BCUT2D eigenvalue weighted by Crippen LogP contribution is -2.34. The molecule has 11 nitrogen and oxygen atoms in total. The topological polar surface area (TPSA) is 132 Å². The molecule has 2 N–H and O–H groups in total. The lowest BCUT2D eigenvalue weighted by molar-refractivity contribution is 0.0781. The minimum atomic E-state index is -5.21. The molecule has 39 heavy (non-hydrogen) atoms. The predicted octanol–water partition coefficient (Wildman–Crippen LogP) is 4.94. The highest BCUT2D eigenvalue weighted by Gasteiger charge is 2.24. The molecule has 3 aromatic rings. The summed E-state index contributed by atoms with van der Waals surface area (Å²) in [6.45, 7) is 4.27. The lowest BCUT2D eigenvalue weighted by Gasteiger charge is -2.26. The number of aromatic nitrogens is 2. The van der Waals surface area contributed by atoms with Gasteiger partial charge in [0, 0.05) is 25.2 Å². The fraction of sp³-hybridized carbons (Fsp3) is 0.261. The number of carbonyl (C=O) groups is 1. The van der Waals surface area contributed by atoms with Crippen LogP contribution < -0.4 is 24.1 Å². The van der Waals surface area contributed by atoms with Crippen molar-refractivity contribution < 1.29 is 30.5 Å². The Bertz CT molecular complexity index is 1500. The quantitative estimate of drug-likeness (QED) is 0.251. The molecule has 16 heteroatoms. The third-order valence-electron chi connectivity index (χ3n) is 5.39. The number of hydrogen-bond donors (Lipinski definition) is 2. The van der Waals surface area contributed by atoms with Gasteiger partial charge in [0.15, 0.2) is 5.82 Å². The highest BCUT2D eigenvalue weighted by molar-refractivity contribution is 7.81. The van der Waals surface area contributed by atoms with Crippen molar-refractivity contribution in [3.05, 3.63) is 52.7 Å². The number of methoxy groups -OCH3 is 1. The Morgan fingerprint density at radius 1 is 1.13 bits per heavy atom. The number of fused-ring (bicyclic) bond motifs is 1. The molecule has 0 radical (unpaired) electrons. The van der Waals surface area contributed by atoms with Crippen molar-refractivity contribution in [2.24, 2.45) is 0 Å². The van der Waals surface area contributed by atoms with Crippen LogP contribution in [0.5, 0.6) is 17.2 Å². The first-order chi connectivity index (χ1) is 17.9. The van der Waals surface area contributed by atoms with E-state index in [2.05, 4.69) is 24.8 Å². The lowest BCUT2D eigenvalue weighted by atomic mass is 9.98. The molecule has 1 aliphatic heterocycles. The van der Waals surface area contributed by atoms with Crippen molar-refractivity contribution in [1.82, 2.24) is 14.9 Å². The number of ether oxygens (including phenoxy) is 1. The summed E-state index contributed by atoms with van der Waals surface area (Å²) in [5.74, 6) is 0.716. The number of halogens is 2. The second-order valence-electron chi connectivity index (χ2n) is 8.36.